The first-order chi connectivity index (χ1) is 19.4. The molecular formula is C30H25N5O5. The van der Waals surface area contributed by atoms with Crippen molar-refractivity contribution in [1.29, 1.82) is 5.26 Å². The first kappa shape index (κ1) is 27.5. The number of carbonyl (C=O) groups excluding carboxylic acids is 2. The minimum atomic E-state index is -0.786. The number of non-ortho nitro benzene ring substituents is 1. The molecule has 0 aromatic heterocycles. The van der Waals surface area contributed by atoms with E-state index in [-0.39, 0.29) is 35.7 Å². The van der Waals surface area contributed by atoms with Crippen LogP contribution in [0.1, 0.15) is 41.1 Å². The summed E-state index contributed by atoms with van der Waals surface area (Å²) in [7, 11) is 0. The Balaban J connectivity index is 1.49. The number of benzene rings is 4. The van der Waals surface area contributed by atoms with Crippen molar-refractivity contribution in [2.45, 2.75) is 25.2 Å². The van der Waals surface area contributed by atoms with Crippen molar-refractivity contribution in [3.63, 3.8) is 0 Å². The van der Waals surface area contributed by atoms with Crippen molar-refractivity contribution in [3.05, 3.63) is 112 Å². The molecule has 0 fully saturated rings. The van der Waals surface area contributed by atoms with E-state index in [2.05, 4.69) is 21.9 Å². The summed E-state index contributed by atoms with van der Waals surface area (Å²) < 4.78 is 0. The zero-order chi connectivity index (χ0) is 28.5. The van der Waals surface area contributed by atoms with Crippen molar-refractivity contribution in [2.24, 2.45) is 5.10 Å². The van der Waals surface area contributed by atoms with Gasteiger partial charge in [0.15, 0.2) is 0 Å². The molecule has 200 valence electrons. The highest BCUT2D eigenvalue weighted by Crippen LogP contribution is 2.25. The summed E-state index contributed by atoms with van der Waals surface area (Å²) >= 11 is 0. The number of hydrazone groups is 1. The van der Waals surface area contributed by atoms with E-state index in [4.69, 9.17) is 0 Å². The predicted octanol–water partition coefficient (Wildman–Crippen LogP) is 5.66. The number of nitro benzene ring substituents is 1. The molecule has 4 aromatic carbocycles. The van der Waals surface area contributed by atoms with Crippen LogP contribution in [-0.2, 0) is 4.79 Å². The van der Waals surface area contributed by atoms with E-state index in [1.807, 2.05) is 30.3 Å². The van der Waals surface area contributed by atoms with E-state index in [0.717, 1.165) is 10.8 Å². The minimum Gasteiger partial charge on any atom is -0.507 e. The Morgan fingerprint density at radius 3 is 2.35 bits per heavy atom. The Morgan fingerprint density at radius 1 is 0.950 bits per heavy atom. The molecule has 0 aliphatic carbocycles. The number of rotatable bonds is 10. The Morgan fingerprint density at radius 2 is 1.65 bits per heavy atom. The van der Waals surface area contributed by atoms with Gasteiger partial charge in [0.05, 0.1) is 22.3 Å². The molecule has 10 heteroatoms. The number of phenols is 1. The Hall–Kier alpha value is -5.56. The number of nitriles is 1. The summed E-state index contributed by atoms with van der Waals surface area (Å²) in [5.41, 5.74) is 3.67. The molecule has 0 spiro atoms. The van der Waals surface area contributed by atoms with Crippen LogP contribution in [-0.4, -0.2) is 27.6 Å². The number of aromatic hydroxyl groups is 1. The molecule has 0 aliphatic heterocycles. The van der Waals surface area contributed by atoms with Crippen LogP contribution in [0.15, 0.2) is 96.1 Å². The van der Waals surface area contributed by atoms with Crippen LogP contribution in [0.4, 0.5) is 11.4 Å². The van der Waals surface area contributed by atoms with Crippen molar-refractivity contribution in [2.75, 3.05) is 5.32 Å². The molecule has 10 nitrogen and oxygen atoms in total. The molecule has 1 unspecified atom stereocenters. The van der Waals surface area contributed by atoms with E-state index < -0.39 is 16.7 Å². The maximum Gasteiger partial charge on any atom is 0.275 e. The molecule has 0 radical (unpaired) electrons. The highest BCUT2D eigenvalue weighted by Gasteiger charge is 2.20. The van der Waals surface area contributed by atoms with Gasteiger partial charge in [0, 0.05) is 24.2 Å². The monoisotopic (exact) mass is 535 g/mol. The lowest BCUT2D eigenvalue weighted by Gasteiger charge is -2.14. The number of carbonyl (C=O) groups is 2. The first-order valence-corrected chi connectivity index (χ1v) is 12.4. The van der Waals surface area contributed by atoms with Gasteiger partial charge in [0.1, 0.15) is 11.7 Å². The second kappa shape index (κ2) is 12.8. The molecule has 40 heavy (non-hydrogen) atoms. The first-order valence-electron chi connectivity index (χ1n) is 12.4. The lowest BCUT2D eigenvalue weighted by Crippen LogP contribution is -2.23. The quantitative estimate of drug-likeness (QED) is 0.135. The van der Waals surface area contributed by atoms with E-state index in [0.29, 0.717) is 23.4 Å². The van der Waals surface area contributed by atoms with Gasteiger partial charge in [-0.2, -0.15) is 10.4 Å². The maximum absolute atomic E-state index is 12.9. The van der Waals surface area contributed by atoms with Gasteiger partial charge in [-0.15, -0.1) is 0 Å². The number of phenolic OH excluding ortho intramolecular Hbond substituents is 1. The highest BCUT2D eigenvalue weighted by molar-refractivity contribution is 6.02. The fourth-order valence-corrected chi connectivity index (χ4v) is 4.20. The molecule has 4 aromatic rings. The number of hydrogen-bond acceptors (Lipinski definition) is 7. The number of fused-ring (bicyclic) bond motifs is 1. The summed E-state index contributed by atoms with van der Waals surface area (Å²) in [5, 5.41) is 39.8. The van der Waals surface area contributed by atoms with Crippen LogP contribution in [0.3, 0.4) is 0 Å². The third-order valence-electron chi connectivity index (χ3n) is 6.18. The standard InChI is InChI=1S/C30H25N5O5/c31-19-26(20-8-2-1-3-9-20)27(14-7-15-29(37)32-23-12-6-13-24(18-23)35(39)40)33-34-30(38)25-16-21-10-4-5-11-22(21)17-28(25)36/h1-6,8-13,16-18,26,36H,7,14-15H2,(H,32,37)(H,34,38)/b33-27+. The van der Waals surface area contributed by atoms with Gasteiger partial charge in [0.2, 0.25) is 5.91 Å². The molecule has 0 aliphatic rings. The zero-order valence-corrected chi connectivity index (χ0v) is 21.3. The second-order valence-corrected chi connectivity index (χ2v) is 8.94. The molecule has 0 bridgehead atoms. The Bertz CT molecular complexity index is 1630. The smallest absolute Gasteiger partial charge is 0.275 e. The van der Waals surface area contributed by atoms with E-state index in [9.17, 15) is 30.1 Å². The molecule has 2 amide bonds. The van der Waals surface area contributed by atoms with Crippen molar-refractivity contribution in [3.8, 4) is 11.8 Å². The normalized spacial score (nSPS) is 11.8. The predicted molar refractivity (Wildman–Crippen MR) is 151 cm³/mol. The molecule has 4 rings (SSSR count). The van der Waals surface area contributed by atoms with Crippen LogP contribution in [0.2, 0.25) is 0 Å². The average Bonchev–Trinajstić information content (AvgIpc) is 2.96. The molecule has 0 saturated carbocycles. The van der Waals surface area contributed by atoms with Crippen molar-refractivity contribution < 1.29 is 19.6 Å². The average molecular weight is 536 g/mol. The number of nitrogens with zero attached hydrogens (tertiary/aromatic N) is 3. The second-order valence-electron chi connectivity index (χ2n) is 8.94. The Kier molecular flexibility index (Phi) is 8.79. The van der Waals surface area contributed by atoms with Crippen LogP contribution < -0.4 is 10.7 Å². The molecule has 0 heterocycles. The summed E-state index contributed by atoms with van der Waals surface area (Å²) in [4.78, 5) is 35.9. The zero-order valence-electron chi connectivity index (χ0n) is 21.3. The van der Waals surface area contributed by atoms with Crippen LogP contribution in [0.5, 0.6) is 5.75 Å². The molecular weight excluding hydrogens is 510 g/mol. The number of amides is 2. The van der Waals surface area contributed by atoms with Gasteiger partial charge in [-0.3, -0.25) is 19.7 Å². The van der Waals surface area contributed by atoms with Gasteiger partial charge < -0.3 is 10.4 Å². The van der Waals surface area contributed by atoms with Crippen LogP contribution in [0.25, 0.3) is 10.8 Å². The van der Waals surface area contributed by atoms with E-state index in [1.165, 1.54) is 24.3 Å². The molecule has 1 atom stereocenters. The van der Waals surface area contributed by atoms with Gasteiger partial charge in [0.25, 0.3) is 11.6 Å². The summed E-state index contributed by atoms with van der Waals surface area (Å²) in [6.07, 6.45) is 0.551. The van der Waals surface area contributed by atoms with Gasteiger partial charge in [-0.05, 0) is 47.4 Å². The third-order valence-corrected chi connectivity index (χ3v) is 6.18. The lowest BCUT2D eigenvalue weighted by molar-refractivity contribution is -0.384. The van der Waals surface area contributed by atoms with E-state index >= 15 is 0 Å². The third kappa shape index (κ3) is 6.85. The van der Waals surface area contributed by atoms with E-state index in [1.54, 1.807) is 36.4 Å². The number of nitrogens with one attached hydrogen (secondary N) is 2. The van der Waals surface area contributed by atoms with Gasteiger partial charge in [-0.25, -0.2) is 5.43 Å². The van der Waals surface area contributed by atoms with Gasteiger partial charge >= 0.3 is 0 Å². The van der Waals surface area contributed by atoms with Gasteiger partial charge in [-0.1, -0.05) is 60.7 Å². The van der Waals surface area contributed by atoms with Crippen molar-refractivity contribution in [1.82, 2.24) is 5.43 Å². The summed E-state index contributed by atoms with van der Waals surface area (Å²) in [6, 6.07) is 27.1. The lowest BCUT2D eigenvalue weighted by atomic mass is 9.92. The molecule has 3 N–H and O–H groups in total. The SMILES string of the molecule is N#CC(/C(CCCC(=O)Nc1cccc([N+](=O)[O-])c1)=N/NC(=O)c1cc2ccccc2cc1O)c1ccccc1. The van der Waals surface area contributed by atoms with Crippen LogP contribution in [0, 0.1) is 21.4 Å². The topological polar surface area (TPSA) is 158 Å². The number of hydrogen-bond donors (Lipinski definition) is 3. The largest absolute Gasteiger partial charge is 0.507 e. The number of anilines is 1. The highest BCUT2D eigenvalue weighted by atomic mass is 16.6. The number of nitro groups is 1. The summed E-state index contributed by atoms with van der Waals surface area (Å²) in [6.45, 7) is 0. The fourth-order valence-electron chi connectivity index (χ4n) is 4.20. The minimum absolute atomic E-state index is 0.0337. The maximum atomic E-state index is 12.9. The fraction of sp³-hybridized carbons (Fsp3) is 0.133. The van der Waals surface area contributed by atoms with Crippen LogP contribution >= 0.6 is 0 Å². The summed E-state index contributed by atoms with van der Waals surface area (Å²) in [5.74, 6) is -2.00. The Labute approximate surface area is 229 Å². The molecule has 0 saturated heterocycles. The van der Waals surface area contributed by atoms with Crippen molar-refractivity contribution >= 4 is 39.7 Å².